The lowest BCUT2D eigenvalue weighted by molar-refractivity contribution is -0.123. The molecule has 130 valence electrons. The number of carbonyl (C=O) groups excluding carboxylic acids is 1. The Morgan fingerprint density at radius 1 is 1.40 bits per heavy atom. The molecule has 1 aliphatic heterocycles. The summed E-state index contributed by atoms with van der Waals surface area (Å²) in [5, 5.41) is 20.7. The van der Waals surface area contributed by atoms with Gasteiger partial charge in [-0.3, -0.25) is 9.48 Å². The Morgan fingerprint density at radius 2 is 2.28 bits per heavy atom. The monoisotopic (exact) mass is 359 g/mol. The van der Waals surface area contributed by atoms with Crippen molar-refractivity contribution in [2.75, 3.05) is 0 Å². The van der Waals surface area contributed by atoms with Gasteiger partial charge >= 0.3 is 0 Å². The van der Waals surface area contributed by atoms with E-state index in [0.29, 0.717) is 17.4 Å². The van der Waals surface area contributed by atoms with Crippen LogP contribution in [0.4, 0.5) is 0 Å². The maximum atomic E-state index is 12.7. The summed E-state index contributed by atoms with van der Waals surface area (Å²) in [5.74, 6) is 0.227. The van der Waals surface area contributed by atoms with Gasteiger partial charge in [0.1, 0.15) is 0 Å². The van der Waals surface area contributed by atoms with E-state index < -0.39 is 0 Å². The Morgan fingerprint density at radius 3 is 3.16 bits per heavy atom. The number of rotatable bonds is 3. The van der Waals surface area contributed by atoms with Crippen LogP contribution in [-0.2, 0) is 24.9 Å². The van der Waals surface area contributed by atoms with E-state index in [-0.39, 0.29) is 11.8 Å². The Balaban J connectivity index is 1.55. The van der Waals surface area contributed by atoms with Crippen LogP contribution in [-0.4, -0.2) is 35.9 Å². The minimum atomic E-state index is -0.331. The summed E-state index contributed by atoms with van der Waals surface area (Å²) in [7, 11) is 1.86. The van der Waals surface area contributed by atoms with Crippen LogP contribution >= 0.6 is 11.6 Å². The minimum absolute atomic E-state index is 0.0798. The molecule has 3 heterocycles. The summed E-state index contributed by atoms with van der Waals surface area (Å²) in [5.41, 5.74) is 1.69. The molecule has 0 saturated carbocycles. The van der Waals surface area contributed by atoms with Crippen molar-refractivity contribution >= 4 is 28.4 Å². The van der Waals surface area contributed by atoms with Crippen LogP contribution < -0.4 is 5.32 Å². The number of halogens is 1. The fourth-order valence-corrected chi connectivity index (χ4v) is 3.66. The lowest BCUT2D eigenvalue weighted by atomic mass is 10.0. The van der Waals surface area contributed by atoms with E-state index in [1.165, 1.54) is 0 Å². The first-order valence-corrected chi connectivity index (χ1v) is 8.67. The predicted octanol–water partition coefficient (Wildman–Crippen LogP) is 1.80. The van der Waals surface area contributed by atoms with E-state index in [1.54, 1.807) is 9.36 Å². The number of aromatic nitrogens is 6. The summed E-state index contributed by atoms with van der Waals surface area (Å²) in [6.07, 6.45) is 2.68. The number of benzene rings is 1. The number of nitrogens with zero attached hydrogens (tertiary/aromatic N) is 6. The van der Waals surface area contributed by atoms with Crippen molar-refractivity contribution < 1.29 is 4.79 Å². The maximum Gasteiger partial charge on any atom is 0.231 e. The second-order valence-electron chi connectivity index (χ2n) is 6.23. The largest absolute Gasteiger partial charge is 0.350 e. The average molecular weight is 360 g/mol. The second kappa shape index (κ2) is 6.44. The first kappa shape index (κ1) is 16.0. The highest BCUT2D eigenvalue weighted by atomic mass is 35.5. The molecular formula is C16H18ClN7O. The molecule has 8 nitrogen and oxygen atoms in total. The molecule has 1 N–H and O–H groups in total. The fourth-order valence-electron chi connectivity index (χ4n) is 3.38. The maximum absolute atomic E-state index is 12.7. The van der Waals surface area contributed by atoms with Crippen LogP contribution in [0, 0.1) is 0 Å². The normalized spacial score (nSPS) is 17.3. The Hall–Kier alpha value is -2.48. The summed E-state index contributed by atoms with van der Waals surface area (Å²) < 4.78 is 3.50. The van der Waals surface area contributed by atoms with Gasteiger partial charge in [0.15, 0.2) is 5.82 Å². The third-order valence-electron chi connectivity index (χ3n) is 4.63. The van der Waals surface area contributed by atoms with Crippen LogP contribution in [0.15, 0.2) is 18.2 Å². The number of hydrogen-bond acceptors (Lipinski definition) is 5. The van der Waals surface area contributed by atoms with Gasteiger partial charge in [-0.2, -0.15) is 5.10 Å². The van der Waals surface area contributed by atoms with Gasteiger partial charge in [0.25, 0.3) is 0 Å². The molecule has 0 spiro atoms. The zero-order valence-corrected chi connectivity index (χ0v) is 14.6. The molecule has 25 heavy (non-hydrogen) atoms. The molecule has 2 aromatic heterocycles. The topological polar surface area (TPSA) is 90.5 Å². The summed E-state index contributed by atoms with van der Waals surface area (Å²) >= 11 is 6.32. The van der Waals surface area contributed by atoms with Gasteiger partial charge in [0.05, 0.1) is 28.7 Å². The predicted molar refractivity (Wildman–Crippen MR) is 92.0 cm³/mol. The molecule has 0 aliphatic carbocycles. The van der Waals surface area contributed by atoms with Crippen molar-refractivity contribution in [3.63, 3.8) is 0 Å². The fraction of sp³-hybridized carbons (Fsp3) is 0.438. The lowest BCUT2D eigenvalue weighted by Crippen LogP contribution is -2.30. The molecule has 0 unspecified atom stereocenters. The zero-order valence-electron chi connectivity index (χ0n) is 13.8. The van der Waals surface area contributed by atoms with Crippen molar-refractivity contribution in [1.82, 2.24) is 35.3 Å². The van der Waals surface area contributed by atoms with Gasteiger partial charge in [-0.15, -0.1) is 5.10 Å². The Bertz CT molecular complexity index is 932. The number of tetrazole rings is 1. The number of amides is 1. The van der Waals surface area contributed by atoms with E-state index in [9.17, 15) is 4.79 Å². The highest BCUT2D eigenvalue weighted by molar-refractivity contribution is 6.35. The van der Waals surface area contributed by atoms with Gasteiger partial charge in [0, 0.05) is 19.0 Å². The molecule has 9 heteroatoms. The molecule has 1 atom stereocenters. The number of aryl methyl sites for hydroxylation is 2. The molecule has 1 aliphatic rings. The molecule has 1 aromatic carbocycles. The number of fused-ring (bicyclic) bond motifs is 2. The zero-order chi connectivity index (χ0) is 17.4. The second-order valence-corrected chi connectivity index (χ2v) is 6.64. The molecule has 0 saturated heterocycles. The first-order chi connectivity index (χ1) is 12.1. The molecule has 0 bridgehead atoms. The van der Waals surface area contributed by atoms with E-state index in [4.69, 9.17) is 11.6 Å². The van der Waals surface area contributed by atoms with Gasteiger partial charge < -0.3 is 5.32 Å². The van der Waals surface area contributed by atoms with Crippen molar-refractivity contribution in [1.29, 1.82) is 0 Å². The van der Waals surface area contributed by atoms with Crippen LogP contribution in [0.25, 0.3) is 10.9 Å². The van der Waals surface area contributed by atoms with Gasteiger partial charge in [-0.25, -0.2) is 4.68 Å². The summed E-state index contributed by atoms with van der Waals surface area (Å²) in [4.78, 5) is 12.7. The number of hydrogen-bond donors (Lipinski definition) is 1. The molecule has 0 fully saturated rings. The Kier molecular flexibility index (Phi) is 4.12. The Labute approximate surface area is 149 Å². The summed E-state index contributed by atoms with van der Waals surface area (Å²) in [6.45, 7) is 1.07. The van der Waals surface area contributed by atoms with Crippen LogP contribution in [0.5, 0.6) is 0 Å². The molecule has 3 aromatic rings. The van der Waals surface area contributed by atoms with Crippen LogP contribution in [0.1, 0.15) is 36.7 Å². The number of carbonyl (C=O) groups is 1. The van der Waals surface area contributed by atoms with Crippen molar-refractivity contribution in [3.8, 4) is 0 Å². The molecule has 1 amide bonds. The summed E-state index contributed by atoms with van der Waals surface area (Å²) in [6, 6.07) is 5.68. The van der Waals surface area contributed by atoms with Gasteiger partial charge in [-0.1, -0.05) is 24.1 Å². The quantitative estimate of drug-likeness (QED) is 0.770. The van der Waals surface area contributed by atoms with E-state index in [1.807, 2.05) is 25.2 Å². The smallest absolute Gasteiger partial charge is 0.231 e. The lowest BCUT2D eigenvalue weighted by Gasteiger charge is -2.12. The first-order valence-electron chi connectivity index (χ1n) is 8.29. The molecule has 0 radical (unpaired) electrons. The highest BCUT2D eigenvalue weighted by Gasteiger charge is 2.28. The third-order valence-corrected chi connectivity index (χ3v) is 4.95. The number of nitrogens with one attached hydrogen (secondary N) is 1. The SMILES string of the molecule is Cn1nc(CNC(=O)[C@@H]2CCCCn3nnnc32)c2c(Cl)cccc21. The van der Waals surface area contributed by atoms with Crippen molar-refractivity contribution in [2.45, 2.75) is 38.3 Å². The van der Waals surface area contributed by atoms with E-state index in [2.05, 4.69) is 25.9 Å². The van der Waals surface area contributed by atoms with Crippen molar-refractivity contribution in [3.05, 3.63) is 34.7 Å². The van der Waals surface area contributed by atoms with Crippen molar-refractivity contribution in [2.24, 2.45) is 7.05 Å². The third kappa shape index (κ3) is 2.86. The van der Waals surface area contributed by atoms with Gasteiger partial charge in [-0.05, 0) is 35.4 Å². The molecule has 4 rings (SSSR count). The highest BCUT2D eigenvalue weighted by Crippen LogP contribution is 2.27. The van der Waals surface area contributed by atoms with E-state index >= 15 is 0 Å². The standard InChI is InChI=1S/C16H18ClN7O/c1-23-13-7-4-6-11(17)14(13)12(20-23)9-18-16(25)10-5-2-3-8-24-15(10)19-21-22-24/h4,6-7,10H,2-3,5,8-9H2,1H3,(H,18,25)/t10-/m1/s1. The van der Waals surface area contributed by atoms with E-state index in [0.717, 1.165) is 42.4 Å². The molecular weight excluding hydrogens is 342 g/mol. The van der Waals surface area contributed by atoms with Crippen LogP contribution in [0.2, 0.25) is 5.02 Å². The van der Waals surface area contributed by atoms with Gasteiger partial charge in [0.2, 0.25) is 5.91 Å². The minimum Gasteiger partial charge on any atom is -0.350 e. The van der Waals surface area contributed by atoms with Crippen LogP contribution in [0.3, 0.4) is 0 Å². The average Bonchev–Trinajstić information content (AvgIpc) is 3.13.